The van der Waals surface area contributed by atoms with Gasteiger partial charge < -0.3 is 15.0 Å². The minimum absolute atomic E-state index is 0.159. The summed E-state index contributed by atoms with van der Waals surface area (Å²) >= 11 is 5.97. The molecule has 1 amide bonds. The number of benzene rings is 1. The van der Waals surface area contributed by atoms with Crippen molar-refractivity contribution in [1.29, 1.82) is 0 Å². The zero-order valence-electron chi connectivity index (χ0n) is 10.1. The Labute approximate surface area is 114 Å². The molecule has 0 bridgehead atoms. The number of carbonyl (C=O) groups excluding carboxylic acids is 1. The molecule has 0 unspecified atom stereocenters. The highest BCUT2D eigenvalue weighted by Crippen LogP contribution is 2.26. The van der Waals surface area contributed by atoms with E-state index in [0.717, 1.165) is 0 Å². The number of hydrogen-bond acceptors (Lipinski definition) is 3. The Morgan fingerprint density at radius 1 is 1.32 bits per heavy atom. The molecule has 2 N–H and O–H groups in total. The monoisotopic (exact) mass is 278 g/mol. The van der Waals surface area contributed by atoms with Gasteiger partial charge in [-0.25, -0.2) is 0 Å². The number of rotatable bonds is 3. The Balaban J connectivity index is 2.26. The zero-order chi connectivity index (χ0) is 13.8. The van der Waals surface area contributed by atoms with Gasteiger partial charge in [0.25, 0.3) is 5.91 Å². The molecule has 0 aliphatic rings. The highest BCUT2D eigenvalue weighted by molar-refractivity contribution is 6.34. The molecule has 0 spiro atoms. The lowest BCUT2D eigenvalue weighted by Crippen LogP contribution is -2.18. The summed E-state index contributed by atoms with van der Waals surface area (Å²) in [4.78, 5) is 25.5. The Morgan fingerprint density at radius 2 is 2.11 bits per heavy atom. The van der Waals surface area contributed by atoms with Gasteiger partial charge in [0, 0.05) is 12.1 Å². The number of nitrogens with one attached hydrogen (secondary N) is 2. The Morgan fingerprint density at radius 3 is 2.79 bits per heavy atom. The Hall–Kier alpha value is -2.27. The van der Waals surface area contributed by atoms with Gasteiger partial charge in [0.2, 0.25) is 5.56 Å². The molecule has 98 valence electrons. The number of ether oxygens (including phenoxy) is 1. The minimum atomic E-state index is -0.451. The number of aromatic amines is 1. The van der Waals surface area contributed by atoms with E-state index < -0.39 is 5.91 Å². The molecule has 6 heteroatoms. The fourth-order valence-electron chi connectivity index (χ4n) is 1.50. The van der Waals surface area contributed by atoms with Crippen LogP contribution in [0.3, 0.4) is 0 Å². The van der Waals surface area contributed by atoms with Crippen LogP contribution >= 0.6 is 11.6 Å². The van der Waals surface area contributed by atoms with Crippen molar-refractivity contribution in [2.75, 3.05) is 12.4 Å². The van der Waals surface area contributed by atoms with Crippen LogP contribution in [0.2, 0.25) is 5.02 Å². The van der Waals surface area contributed by atoms with Crippen molar-refractivity contribution in [1.82, 2.24) is 4.98 Å². The van der Waals surface area contributed by atoms with Crippen LogP contribution in [0.25, 0.3) is 0 Å². The molecule has 5 nitrogen and oxygen atoms in total. The van der Waals surface area contributed by atoms with Crippen LogP contribution in [-0.4, -0.2) is 18.0 Å². The van der Waals surface area contributed by atoms with Crippen LogP contribution < -0.4 is 15.6 Å². The maximum atomic E-state index is 11.9. The van der Waals surface area contributed by atoms with Crippen LogP contribution in [0.5, 0.6) is 5.75 Å². The standard InChI is InChI=1S/C13H11ClN2O3/c1-19-8-5-6-9(14)11(7-8)16-13(18)10-3-2-4-12(17)15-10/h2-7H,1H3,(H,15,17)(H,16,18). The van der Waals surface area contributed by atoms with Gasteiger partial charge in [-0.2, -0.15) is 0 Å². The molecule has 1 aromatic carbocycles. The predicted molar refractivity (Wildman–Crippen MR) is 73.0 cm³/mol. The molecule has 0 saturated carbocycles. The fraction of sp³-hybridized carbons (Fsp3) is 0.0769. The van der Waals surface area contributed by atoms with E-state index in [1.807, 2.05) is 0 Å². The fourth-order valence-corrected chi connectivity index (χ4v) is 1.66. The number of amides is 1. The van der Waals surface area contributed by atoms with Gasteiger partial charge >= 0.3 is 0 Å². The molecule has 0 atom stereocenters. The van der Waals surface area contributed by atoms with Gasteiger partial charge in [0.15, 0.2) is 0 Å². The minimum Gasteiger partial charge on any atom is -0.497 e. The third-order valence-electron chi connectivity index (χ3n) is 2.43. The third kappa shape index (κ3) is 3.14. The summed E-state index contributed by atoms with van der Waals surface area (Å²) in [7, 11) is 1.52. The molecule has 2 rings (SSSR count). The normalized spacial score (nSPS) is 10.0. The molecule has 19 heavy (non-hydrogen) atoms. The molecule has 0 radical (unpaired) electrons. The number of methoxy groups -OCH3 is 1. The molecule has 2 aromatic rings. The van der Waals surface area contributed by atoms with E-state index in [-0.39, 0.29) is 11.3 Å². The van der Waals surface area contributed by atoms with E-state index in [0.29, 0.717) is 16.5 Å². The average molecular weight is 279 g/mol. The molecule has 0 saturated heterocycles. The number of anilines is 1. The maximum absolute atomic E-state index is 11.9. The van der Waals surface area contributed by atoms with Crippen LogP contribution in [0.15, 0.2) is 41.2 Å². The van der Waals surface area contributed by atoms with E-state index >= 15 is 0 Å². The second-order valence-electron chi connectivity index (χ2n) is 3.73. The number of aromatic nitrogens is 1. The topological polar surface area (TPSA) is 71.2 Å². The summed E-state index contributed by atoms with van der Waals surface area (Å²) in [5.74, 6) is 0.120. The lowest BCUT2D eigenvalue weighted by Gasteiger charge is -2.08. The molecule has 1 heterocycles. The molecular formula is C13H11ClN2O3. The Bertz CT molecular complexity index is 667. The van der Waals surface area contributed by atoms with Crippen LogP contribution in [-0.2, 0) is 0 Å². The average Bonchev–Trinajstić information content (AvgIpc) is 2.41. The second-order valence-corrected chi connectivity index (χ2v) is 4.14. The number of halogens is 1. The maximum Gasteiger partial charge on any atom is 0.272 e. The van der Waals surface area contributed by atoms with Crippen molar-refractivity contribution in [2.45, 2.75) is 0 Å². The van der Waals surface area contributed by atoms with Crippen LogP contribution in [0.4, 0.5) is 5.69 Å². The summed E-state index contributed by atoms with van der Waals surface area (Å²) in [5.41, 5.74) is 0.228. The molecule has 0 aliphatic carbocycles. The van der Waals surface area contributed by atoms with Crippen molar-refractivity contribution in [3.8, 4) is 5.75 Å². The first-order valence-corrected chi connectivity index (χ1v) is 5.82. The SMILES string of the molecule is COc1ccc(Cl)c(NC(=O)c2cccc(=O)[nH]2)c1. The highest BCUT2D eigenvalue weighted by Gasteiger charge is 2.10. The smallest absolute Gasteiger partial charge is 0.272 e. The first kappa shape index (κ1) is 13.2. The van der Waals surface area contributed by atoms with Crippen molar-refractivity contribution in [3.05, 3.63) is 57.5 Å². The summed E-state index contributed by atoms with van der Waals surface area (Å²) in [6, 6.07) is 9.23. The second kappa shape index (κ2) is 5.58. The summed E-state index contributed by atoms with van der Waals surface area (Å²) < 4.78 is 5.05. The predicted octanol–water partition coefficient (Wildman–Crippen LogP) is 2.29. The number of hydrogen-bond donors (Lipinski definition) is 2. The largest absolute Gasteiger partial charge is 0.497 e. The van der Waals surface area contributed by atoms with E-state index in [1.54, 1.807) is 18.2 Å². The summed E-state index contributed by atoms with van der Waals surface area (Å²) in [5, 5.41) is 2.99. The van der Waals surface area contributed by atoms with Crippen molar-refractivity contribution >= 4 is 23.2 Å². The van der Waals surface area contributed by atoms with Crippen LogP contribution in [0.1, 0.15) is 10.5 Å². The lowest BCUT2D eigenvalue weighted by molar-refractivity contribution is 0.102. The molecular weight excluding hydrogens is 268 g/mol. The van der Waals surface area contributed by atoms with E-state index in [1.165, 1.54) is 25.3 Å². The first-order valence-electron chi connectivity index (χ1n) is 5.44. The lowest BCUT2D eigenvalue weighted by atomic mass is 10.2. The van der Waals surface area contributed by atoms with Crippen molar-refractivity contribution < 1.29 is 9.53 Å². The number of carbonyl (C=O) groups is 1. The summed E-state index contributed by atoms with van der Waals surface area (Å²) in [6.45, 7) is 0. The van der Waals surface area contributed by atoms with Crippen LogP contribution in [0, 0.1) is 0 Å². The van der Waals surface area contributed by atoms with Gasteiger partial charge in [-0.1, -0.05) is 17.7 Å². The molecule has 1 aromatic heterocycles. The van der Waals surface area contributed by atoms with Crippen molar-refractivity contribution in [2.24, 2.45) is 0 Å². The van der Waals surface area contributed by atoms with Crippen molar-refractivity contribution in [3.63, 3.8) is 0 Å². The summed E-state index contributed by atoms with van der Waals surface area (Å²) in [6.07, 6.45) is 0. The first-order chi connectivity index (χ1) is 9.10. The van der Waals surface area contributed by atoms with Gasteiger partial charge in [-0.15, -0.1) is 0 Å². The number of pyridine rings is 1. The van der Waals surface area contributed by atoms with Gasteiger partial charge in [0.1, 0.15) is 11.4 Å². The quantitative estimate of drug-likeness (QED) is 0.905. The zero-order valence-corrected chi connectivity index (χ0v) is 10.8. The van der Waals surface area contributed by atoms with E-state index in [4.69, 9.17) is 16.3 Å². The van der Waals surface area contributed by atoms with E-state index in [2.05, 4.69) is 10.3 Å². The Kier molecular flexibility index (Phi) is 3.87. The van der Waals surface area contributed by atoms with E-state index in [9.17, 15) is 9.59 Å². The van der Waals surface area contributed by atoms with Gasteiger partial charge in [0.05, 0.1) is 17.8 Å². The molecule has 0 fully saturated rings. The van der Waals surface area contributed by atoms with Gasteiger partial charge in [-0.05, 0) is 18.2 Å². The van der Waals surface area contributed by atoms with Gasteiger partial charge in [-0.3, -0.25) is 9.59 Å². The molecule has 0 aliphatic heterocycles. The highest BCUT2D eigenvalue weighted by atomic mass is 35.5. The third-order valence-corrected chi connectivity index (χ3v) is 2.76. The number of H-pyrrole nitrogens is 1.